The highest BCUT2D eigenvalue weighted by Crippen LogP contribution is 2.13. The second-order valence-corrected chi connectivity index (χ2v) is 3.46. The second kappa shape index (κ2) is 4.91. The van der Waals surface area contributed by atoms with Crippen LogP contribution in [0.5, 0.6) is 0 Å². The van der Waals surface area contributed by atoms with Crippen LogP contribution < -0.4 is 5.32 Å². The van der Waals surface area contributed by atoms with Gasteiger partial charge in [-0.1, -0.05) is 18.2 Å². The van der Waals surface area contributed by atoms with E-state index in [-0.39, 0.29) is 17.9 Å². The van der Waals surface area contributed by atoms with Crippen LogP contribution in [0.1, 0.15) is 25.5 Å². The summed E-state index contributed by atoms with van der Waals surface area (Å²) < 4.78 is 12.6. The van der Waals surface area contributed by atoms with Crippen LogP contribution in [-0.4, -0.2) is 6.04 Å². The molecule has 2 atom stereocenters. The van der Waals surface area contributed by atoms with Gasteiger partial charge in [0.05, 0.1) is 0 Å². The molecule has 0 spiro atoms. The van der Waals surface area contributed by atoms with E-state index in [1.165, 1.54) is 12.1 Å². The second-order valence-electron chi connectivity index (χ2n) is 3.46. The summed E-state index contributed by atoms with van der Waals surface area (Å²) in [4.78, 5) is 0. The zero-order valence-corrected chi connectivity index (χ0v) is 8.63. The Labute approximate surface area is 84.6 Å². The van der Waals surface area contributed by atoms with Gasteiger partial charge >= 0.3 is 0 Å². The Bertz CT molecular complexity index is 292. The van der Waals surface area contributed by atoms with Gasteiger partial charge in [-0.15, -0.1) is 6.58 Å². The summed E-state index contributed by atoms with van der Waals surface area (Å²) in [6.45, 7) is 7.78. The van der Waals surface area contributed by atoms with Gasteiger partial charge in [0.2, 0.25) is 0 Å². The van der Waals surface area contributed by atoms with Gasteiger partial charge in [0, 0.05) is 12.1 Å². The third-order valence-corrected chi connectivity index (χ3v) is 2.24. The van der Waals surface area contributed by atoms with Crippen LogP contribution in [0.15, 0.2) is 36.9 Å². The Morgan fingerprint density at radius 1 is 1.29 bits per heavy atom. The summed E-state index contributed by atoms with van der Waals surface area (Å²) in [6.07, 6.45) is 1.85. The summed E-state index contributed by atoms with van der Waals surface area (Å²) in [7, 11) is 0. The molecular weight excluding hydrogens is 177 g/mol. The van der Waals surface area contributed by atoms with E-state index in [1.54, 1.807) is 12.1 Å². The zero-order valence-electron chi connectivity index (χ0n) is 8.63. The fourth-order valence-electron chi connectivity index (χ4n) is 1.31. The van der Waals surface area contributed by atoms with E-state index < -0.39 is 0 Å². The summed E-state index contributed by atoms with van der Waals surface area (Å²) in [5.41, 5.74) is 1.08. The smallest absolute Gasteiger partial charge is 0.123 e. The van der Waals surface area contributed by atoms with Crippen molar-refractivity contribution < 1.29 is 4.39 Å². The molecule has 0 aromatic heterocycles. The average molecular weight is 193 g/mol. The van der Waals surface area contributed by atoms with Gasteiger partial charge in [-0.25, -0.2) is 4.39 Å². The highest BCUT2D eigenvalue weighted by atomic mass is 19.1. The van der Waals surface area contributed by atoms with E-state index in [2.05, 4.69) is 11.9 Å². The van der Waals surface area contributed by atoms with Crippen molar-refractivity contribution in [2.45, 2.75) is 25.9 Å². The SMILES string of the molecule is C=CC(C)N[C@H](C)c1ccc(F)cc1. The van der Waals surface area contributed by atoms with E-state index in [0.29, 0.717) is 0 Å². The van der Waals surface area contributed by atoms with Gasteiger partial charge in [-0.05, 0) is 31.5 Å². The van der Waals surface area contributed by atoms with Crippen LogP contribution >= 0.6 is 0 Å². The number of hydrogen-bond donors (Lipinski definition) is 1. The predicted molar refractivity (Wildman–Crippen MR) is 57.6 cm³/mol. The molecule has 1 rings (SSSR count). The highest BCUT2D eigenvalue weighted by molar-refractivity contribution is 5.19. The molecule has 0 aliphatic heterocycles. The van der Waals surface area contributed by atoms with Crippen LogP contribution in [0.4, 0.5) is 4.39 Å². The first-order valence-electron chi connectivity index (χ1n) is 4.77. The molecular formula is C12H16FN. The average Bonchev–Trinajstić information content (AvgIpc) is 2.18. The number of rotatable bonds is 4. The van der Waals surface area contributed by atoms with Crippen molar-refractivity contribution in [1.29, 1.82) is 0 Å². The van der Waals surface area contributed by atoms with E-state index in [4.69, 9.17) is 0 Å². The van der Waals surface area contributed by atoms with Gasteiger partial charge in [0.1, 0.15) is 5.82 Å². The quantitative estimate of drug-likeness (QED) is 0.725. The van der Waals surface area contributed by atoms with Crippen LogP contribution in [0.2, 0.25) is 0 Å². The van der Waals surface area contributed by atoms with Crippen molar-refractivity contribution in [3.05, 3.63) is 48.3 Å². The third kappa shape index (κ3) is 2.96. The number of hydrogen-bond acceptors (Lipinski definition) is 1. The van der Waals surface area contributed by atoms with Crippen molar-refractivity contribution in [3.63, 3.8) is 0 Å². The molecule has 0 aliphatic rings. The van der Waals surface area contributed by atoms with Gasteiger partial charge in [-0.2, -0.15) is 0 Å². The zero-order chi connectivity index (χ0) is 10.6. The maximum absolute atomic E-state index is 12.6. The van der Waals surface area contributed by atoms with Crippen LogP contribution in [-0.2, 0) is 0 Å². The molecule has 0 heterocycles. The topological polar surface area (TPSA) is 12.0 Å². The van der Waals surface area contributed by atoms with E-state index in [1.807, 2.05) is 19.9 Å². The highest BCUT2D eigenvalue weighted by Gasteiger charge is 2.06. The monoisotopic (exact) mass is 193 g/mol. The Morgan fingerprint density at radius 3 is 2.36 bits per heavy atom. The first-order valence-corrected chi connectivity index (χ1v) is 4.77. The molecule has 76 valence electrons. The fourth-order valence-corrected chi connectivity index (χ4v) is 1.31. The summed E-state index contributed by atoms with van der Waals surface area (Å²) in [5.74, 6) is -0.197. The molecule has 0 saturated carbocycles. The van der Waals surface area contributed by atoms with Crippen LogP contribution in [0, 0.1) is 5.82 Å². The lowest BCUT2D eigenvalue weighted by molar-refractivity contribution is 0.535. The van der Waals surface area contributed by atoms with E-state index >= 15 is 0 Å². The molecule has 1 nitrogen and oxygen atoms in total. The molecule has 1 aromatic carbocycles. The van der Waals surface area contributed by atoms with Crippen molar-refractivity contribution in [2.75, 3.05) is 0 Å². The minimum Gasteiger partial charge on any atom is -0.304 e. The Balaban J connectivity index is 2.64. The molecule has 0 bridgehead atoms. The van der Waals surface area contributed by atoms with Crippen molar-refractivity contribution in [2.24, 2.45) is 0 Å². The Hall–Kier alpha value is -1.15. The van der Waals surface area contributed by atoms with Crippen molar-refractivity contribution >= 4 is 0 Å². The van der Waals surface area contributed by atoms with Gasteiger partial charge in [0.15, 0.2) is 0 Å². The Morgan fingerprint density at radius 2 is 1.86 bits per heavy atom. The summed E-state index contributed by atoms with van der Waals surface area (Å²) >= 11 is 0. The van der Waals surface area contributed by atoms with E-state index in [9.17, 15) is 4.39 Å². The molecule has 1 N–H and O–H groups in total. The molecule has 1 aromatic rings. The molecule has 0 amide bonds. The standard InChI is InChI=1S/C12H16FN/c1-4-9(2)14-10(3)11-5-7-12(13)8-6-11/h4-10,14H,1H2,2-3H3/t9?,10-/m1/s1. The predicted octanol–water partition coefficient (Wildman–Crippen LogP) is 3.05. The van der Waals surface area contributed by atoms with E-state index in [0.717, 1.165) is 5.56 Å². The molecule has 0 fully saturated rings. The third-order valence-electron chi connectivity index (χ3n) is 2.24. The number of nitrogens with one attached hydrogen (secondary N) is 1. The lowest BCUT2D eigenvalue weighted by Crippen LogP contribution is -2.26. The minimum absolute atomic E-state index is 0.197. The van der Waals surface area contributed by atoms with Crippen molar-refractivity contribution in [3.8, 4) is 0 Å². The molecule has 0 aliphatic carbocycles. The normalized spacial score (nSPS) is 14.8. The summed E-state index contributed by atoms with van der Waals surface area (Å²) in [6, 6.07) is 7.02. The van der Waals surface area contributed by atoms with Crippen molar-refractivity contribution in [1.82, 2.24) is 5.32 Å². The first-order chi connectivity index (χ1) is 6.63. The number of halogens is 1. The van der Waals surface area contributed by atoms with Gasteiger partial charge in [0.25, 0.3) is 0 Å². The number of benzene rings is 1. The first kappa shape index (κ1) is 10.9. The minimum atomic E-state index is -0.197. The maximum atomic E-state index is 12.6. The molecule has 14 heavy (non-hydrogen) atoms. The molecule has 1 unspecified atom stereocenters. The lowest BCUT2D eigenvalue weighted by atomic mass is 10.1. The largest absolute Gasteiger partial charge is 0.304 e. The van der Waals surface area contributed by atoms with Gasteiger partial charge < -0.3 is 5.32 Å². The lowest BCUT2D eigenvalue weighted by Gasteiger charge is -2.17. The Kier molecular flexibility index (Phi) is 3.84. The molecule has 2 heteroatoms. The van der Waals surface area contributed by atoms with Crippen LogP contribution in [0.25, 0.3) is 0 Å². The fraction of sp³-hybridized carbons (Fsp3) is 0.333. The maximum Gasteiger partial charge on any atom is 0.123 e. The molecule has 0 radical (unpaired) electrons. The van der Waals surface area contributed by atoms with Gasteiger partial charge in [-0.3, -0.25) is 0 Å². The van der Waals surface area contributed by atoms with Crippen LogP contribution in [0.3, 0.4) is 0 Å². The molecule has 0 saturated heterocycles. The summed E-state index contributed by atoms with van der Waals surface area (Å²) in [5, 5.41) is 3.32.